The van der Waals surface area contributed by atoms with Crippen LogP contribution in [0.4, 0.5) is 0 Å². The Hall–Kier alpha value is -2.16. The highest BCUT2D eigenvalue weighted by atomic mass is 16.7. The van der Waals surface area contributed by atoms with Gasteiger partial charge in [0.05, 0.1) is 12.2 Å². The fourth-order valence-electron chi connectivity index (χ4n) is 2.80. The van der Waals surface area contributed by atoms with Crippen LogP contribution in [-0.4, -0.2) is 35.0 Å². The average Bonchev–Trinajstić information content (AvgIpc) is 3.10. The molecule has 0 fully saturated rings. The number of rotatable bonds is 11. The summed E-state index contributed by atoms with van der Waals surface area (Å²) in [6, 6.07) is 10.3. The summed E-state index contributed by atoms with van der Waals surface area (Å²) < 4.78 is 12.5. The van der Waals surface area contributed by atoms with E-state index in [1.807, 2.05) is 29.1 Å². The van der Waals surface area contributed by atoms with E-state index in [1.165, 1.54) is 5.56 Å². The Labute approximate surface area is 150 Å². The van der Waals surface area contributed by atoms with Crippen molar-refractivity contribution in [2.75, 3.05) is 14.2 Å². The van der Waals surface area contributed by atoms with Gasteiger partial charge in [-0.1, -0.05) is 48.4 Å². The molecule has 0 bridgehead atoms. The van der Waals surface area contributed by atoms with Crippen LogP contribution in [-0.2, 0) is 22.4 Å². The van der Waals surface area contributed by atoms with Crippen LogP contribution in [0.15, 0.2) is 36.5 Å². The third-order valence-corrected chi connectivity index (χ3v) is 4.34. The van der Waals surface area contributed by atoms with Gasteiger partial charge in [-0.25, -0.2) is 4.68 Å². The third kappa shape index (κ3) is 6.00. The number of terminal acetylenes is 1. The molecule has 0 unspecified atom stereocenters. The van der Waals surface area contributed by atoms with Crippen molar-refractivity contribution < 1.29 is 9.47 Å². The van der Waals surface area contributed by atoms with Crippen molar-refractivity contribution in [2.45, 2.75) is 50.9 Å². The summed E-state index contributed by atoms with van der Waals surface area (Å²) in [7, 11) is 3.17. The van der Waals surface area contributed by atoms with Crippen LogP contribution in [0.5, 0.6) is 0 Å². The lowest BCUT2D eigenvalue weighted by Gasteiger charge is -2.24. The van der Waals surface area contributed by atoms with Crippen LogP contribution in [0, 0.1) is 12.3 Å². The molecule has 0 aliphatic heterocycles. The first kappa shape index (κ1) is 19.2. The molecule has 0 aliphatic rings. The highest BCUT2D eigenvalue weighted by molar-refractivity contribution is 5.14. The van der Waals surface area contributed by atoms with E-state index >= 15 is 0 Å². The molecule has 0 saturated heterocycles. The van der Waals surface area contributed by atoms with E-state index in [1.54, 1.807) is 14.2 Å². The van der Waals surface area contributed by atoms with Gasteiger partial charge in [-0.3, -0.25) is 0 Å². The Kier molecular flexibility index (Phi) is 7.65. The predicted molar refractivity (Wildman–Crippen MR) is 97.9 cm³/mol. The van der Waals surface area contributed by atoms with Crippen molar-refractivity contribution in [1.29, 1.82) is 0 Å². The first-order valence-electron chi connectivity index (χ1n) is 8.72. The van der Waals surface area contributed by atoms with Crippen molar-refractivity contribution in [3.8, 4) is 12.3 Å². The number of ether oxygens (including phenoxy) is 2. The summed E-state index contributed by atoms with van der Waals surface area (Å²) in [5.41, 5.74) is 2.27. The molecule has 0 spiro atoms. The molecular formula is C20H27N3O2. The summed E-state index contributed by atoms with van der Waals surface area (Å²) >= 11 is 0. The van der Waals surface area contributed by atoms with Crippen molar-refractivity contribution in [3.63, 3.8) is 0 Å². The second kappa shape index (κ2) is 9.97. The van der Waals surface area contributed by atoms with E-state index < -0.39 is 5.79 Å². The number of unbranched alkanes of at least 4 members (excludes halogenated alkanes) is 3. The average molecular weight is 341 g/mol. The van der Waals surface area contributed by atoms with Crippen molar-refractivity contribution in [1.82, 2.24) is 15.0 Å². The van der Waals surface area contributed by atoms with E-state index in [4.69, 9.17) is 15.9 Å². The molecule has 5 heteroatoms. The Morgan fingerprint density at radius 1 is 1.08 bits per heavy atom. The van der Waals surface area contributed by atoms with Crippen LogP contribution >= 0.6 is 0 Å². The minimum Gasteiger partial charge on any atom is -0.343 e. The largest absolute Gasteiger partial charge is 0.343 e. The smallest absolute Gasteiger partial charge is 0.232 e. The maximum absolute atomic E-state index is 5.49. The molecule has 0 amide bonds. The molecule has 0 saturated carbocycles. The fraction of sp³-hybridized carbons (Fsp3) is 0.500. The van der Waals surface area contributed by atoms with Crippen LogP contribution in [0.25, 0.3) is 0 Å². The minimum atomic E-state index is -0.875. The molecule has 2 rings (SSSR count). The van der Waals surface area contributed by atoms with E-state index in [-0.39, 0.29) is 0 Å². The normalized spacial score (nSPS) is 11.4. The van der Waals surface area contributed by atoms with Crippen LogP contribution in [0.2, 0.25) is 0 Å². The standard InChI is InChI=1S/C20H27N3O2/c1-4-20(24-2,25-3)15-11-6-5-10-14-19-17-23(22-21-19)16-18-12-8-7-9-13-18/h1,7-9,12-13,17H,5-6,10-11,14-16H2,2-3H3. The third-order valence-electron chi connectivity index (χ3n) is 4.34. The number of aromatic nitrogens is 3. The molecule has 1 aromatic carbocycles. The van der Waals surface area contributed by atoms with Gasteiger partial charge in [-0.2, -0.15) is 0 Å². The van der Waals surface area contributed by atoms with Crippen molar-refractivity contribution in [3.05, 3.63) is 47.8 Å². The van der Waals surface area contributed by atoms with Gasteiger partial charge < -0.3 is 9.47 Å². The van der Waals surface area contributed by atoms with Crippen molar-refractivity contribution in [2.24, 2.45) is 0 Å². The molecule has 134 valence electrons. The van der Waals surface area contributed by atoms with Gasteiger partial charge in [-0.15, -0.1) is 11.5 Å². The second-order valence-electron chi connectivity index (χ2n) is 6.11. The number of hydrogen-bond donors (Lipinski definition) is 0. The van der Waals surface area contributed by atoms with Crippen LogP contribution in [0.1, 0.15) is 43.4 Å². The Bertz CT molecular complexity index is 657. The summed E-state index contributed by atoms with van der Waals surface area (Å²) in [5, 5.41) is 8.46. The molecule has 0 aliphatic carbocycles. The zero-order valence-corrected chi connectivity index (χ0v) is 15.1. The minimum absolute atomic E-state index is 0.712. The molecule has 0 N–H and O–H groups in total. The summed E-state index contributed by atoms with van der Waals surface area (Å²) in [6.45, 7) is 0.760. The topological polar surface area (TPSA) is 49.2 Å². The van der Waals surface area contributed by atoms with Gasteiger partial charge in [0.1, 0.15) is 0 Å². The van der Waals surface area contributed by atoms with Crippen LogP contribution < -0.4 is 0 Å². The Balaban J connectivity index is 1.65. The predicted octanol–water partition coefficient (Wildman–Crippen LogP) is 3.44. The number of benzene rings is 1. The molecule has 1 aromatic heterocycles. The fourth-order valence-corrected chi connectivity index (χ4v) is 2.80. The van der Waals surface area contributed by atoms with E-state index in [0.29, 0.717) is 6.42 Å². The lowest BCUT2D eigenvalue weighted by Crippen LogP contribution is -2.31. The maximum Gasteiger partial charge on any atom is 0.232 e. The zero-order chi connectivity index (χ0) is 18.0. The molecule has 0 radical (unpaired) electrons. The quantitative estimate of drug-likeness (QED) is 0.357. The highest BCUT2D eigenvalue weighted by Crippen LogP contribution is 2.19. The lowest BCUT2D eigenvalue weighted by molar-refractivity contribution is -0.167. The molecule has 1 heterocycles. The van der Waals surface area contributed by atoms with Gasteiger partial charge in [0, 0.05) is 26.8 Å². The van der Waals surface area contributed by atoms with E-state index in [2.05, 4.69) is 28.4 Å². The van der Waals surface area contributed by atoms with Crippen molar-refractivity contribution >= 4 is 0 Å². The first-order chi connectivity index (χ1) is 12.2. The summed E-state index contributed by atoms with van der Waals surface area (Å²) in [4.78, 5) is 0. The molecular weight excluding hydrogens is 314 g/mol. The maximum atomic E-state index is 5.49. The molecule has 5 nitrogen and oxygen atoms in total. The summed E-state index contributed by atoms with van der Waals surface area (Å²) in [6.07, 6.45) is 13.5. The Morgan fingerprint density at radius 2 is 1.80 bits per heavy atom. The first-order valence-corrected chi connectivity index (χ1v) is 8.72. The number of nitrogens with zero attached hydrogens (tertiary/aromatic N) is 3. The van der Waals surface area contributed by atoms with Gasteiger partial charge in [0.15, 0.2) is 0 Å². The number of methoxy groups -OCH3 is 2. The number of hydrogen-bond acceptors (Lipinski definition) is 4. The lowest BCUT2D eigenvalue weighted by atomic mass is 10.1. The van der Waals surface area contributed by atoms with E-state index in [0.717, 1.165) is 44.3 Å². The molecule has 25 heavy (non-hydrogen) atoms. The Morgan fingerprint density at radius 3 is 2.48 bits per heavy atom. The van der Waals surface area contributed by atoms with Gasteiger partial charge in [0.2, 0.25) is 5.79 Å². The SMILES string of the molecule is C#CC(CCCCCCc1cn(Cc2ccccc2)nn1)(OC)OC. The van der Waals surface area contributed by atoms with Gasteiger partial charge in [-0.05, 0) is 30.7 Å². The molecule has 0 atom stereocenters. The second-order valence-corrected chi connectivity index (χ2v) is 6.11. The number of aryl methyl sites for hydroxylation is 1. The summed E-state index contributed by atoms with van der Waals surface area (Å²) in [5.74, 6) is 1.71. The van der Waals surface area contributed by atoms with Gasteiger partial charge >= 0.3 is 0 Å². The van der Waals surface area contributed by atoms with Crippen LogP contribution in [0.3, 0.4) is 0 Å². The molecule has 2 aromatic rings. The highest BCUT2D eigenvalue weighted by Gasteiger charge is 2.25. The monoisotopic (exact) mass is 341 g/mol. The van der Waals surface area contributed by atoms with Gasteiger partial charge in [0.25, 0.3) is 0 Å². The van der Waals surface area contributed by atoms with E-state index in [9.17, 15) is 0 Å². The zero-order valence-electron chi connectivity index (χ0n) is 15.1.